The van der Waals surface area contributed by atoms with Crippen molar-refractivity contribution in [3.05, 3.63) is 23.1 Å². The van der Waals surface area contributed by atoms with Crippen LogP contribution in [0.4, 0.5) is 5.69 Å². The maximum absolute atomic E-state index is 10.8. The normalized spacial score (nSPS) is 10.6. The molecule has 0 saturated carbocycles. The van der Waals surface area contributed by atoms with Crippen LogP contribution >= 0.6 is 11.3 Å². The van der Waals surface area contributed by atoms with Crippen molar-refractivity contribution >= 4 is 33.1 Å². The smallest absolute Gasteiger partial charge is 0.337 e. The standard InChI is InChI=1S/C9H7NO3S/c10-5-3-14-8-4(9(12)13)1-2-6(11)7(5)8/h1-3,11H,10H2,(H,12,13). The molecule has 0 bridgehead atoms. The Labute approximate surface area is 83.2 Å². The van der Waals surface area contributed by atoms with Gasteiger partial charge in [0.25, 0.3) is 0 Å². The fourth-order valence-corrected chi connectivity index (χ4v) is 2.31. The van der Waals surface area contributed by atoms with Crippen LogP contribution in [-0.2, 0) is 0 Å². The van der Waals surface area contributed by atoms with E-state index in [1.165, 1.54) is 23.5 Å². The molecule has 1 heterocycles. The summed E-state index contributed by atoms with van der Waals surface area (Å²) in [4.78, 5) is 10.8. The molecule has 0 aliphatic carbocycles. The SMILES string of the molecule is Nc1csc2c(C(=O)O)ccc(O)c12. The Balaban J connectivity index is 2.90. The van der Waals surface area contributed by atoms with Crippen LogP contribution < -0.4 is 5.73 Å². The Hall–Kier alpha value is -1.75. The molecule has 2 rings (SSSR count). The van der Waals surface area contributed by atoms with E-state index >= 15 is 0 Å². The van der Waals surface area contributed by atoms with Gasteiger partial charge in [0.15, 0.2) is 0 Å². The zero-order valence-corrected chi connectivity index (χ0v) is 7.84. The number of thiophene rings is 1. The fraction of sp³-hybridized carbons (Fsp3) is 0. The van der Waals surface area contributed by atoms with E-state index in [2.05, 4.69) is 0 Å². The van der Waals surface area contributed by atoms with Crippen molar-refractivity contribution in [3.8, 4) is 5.75 Å². The van der Waals surface area contributed by atoms with Crippen molar-refractivity contribution in [2.75, 3.05) is 5.73 Å². The molecule has 0 aliphatic heterocycles. The van der Waals surface area contributed by atoms with E-state index in [-0.39, 0.29) is 11.3 Å². The molecule has 0 fully saturated rings. The Morgan fingerprint density at radius 3 is 2.79 bits per heavy atom. The maximum Gasteiger partial charge on any atom is 0.337 e. The van der Waals surface area contributed by atoms with Crippen LogP contribution in [0, 0.1) is 0 Å². The second-order valence-electron chi connectivity index (χ2n) is 2.83. The molecule has 14 heavy (non-hydrogen) atoms. The van der Waals surface area contributed by atoms with Crippen LogP contribution in [0.25, 0.3) is 10.1 Å². The highest BCUT2D eigenvalue weighted by Gasteiger charge is 2.14. The first-order chi connectivity index (χ1) is 6.61. The van der Waals surface area contributed by atoms with Gasteiger partial charge in [0.1, 0.15) is 5.75 Å². The number of aromatic carboxylic acids is 1. The third kappa shape index (κ3) is 1.10. The van der Waals surface area contributed by atoms with Crippen molar-refractivity contribution in [1.29, 1.82) is 0 Å². The summed E-state index contributed by atoms with van der Waals surface area (Å²) in [5.41, 5.74) is 6.18. The van der Waals surface area contributed by atoms with E-state index < -0.39 is 5.97 Å². The zero-order chi connectivity index (χ0) is 10.3. The van der Waals surface area contributed by atoms with Crippen LogP contribution in [0.2, 0.25) is 0 Å². The summed E-state index contributed by atoms with van der Waals surface area (Å²) in [6.07, 6.45) is 0. The van der Waals surface area contributed by atoms with E-state index in [1.54, 1.807) is 5.38 Å². The number of rotatable bonds is 1. The summed E-state index contributed by atoms with van der Waals surface area (Å²) in [7, 11) is 0. The maximum atomic E-state index is 10.8. The first kappa shape index (κ1) is 8.83. The molecular formula is C9H7NO3S. The minimum absolute atomic E-state index is 0.0174. The molecule has 0 atom stereocenters. The lowest BCUT2D eigenvalue weighted by atomic mass is 10.1. The Morgan fingerprint density at radius 2 is 2.14 bits per heavy atom. The van der Waals surface area contributed by atoms with Gasteiger partial charge < -0.3 is 15.9 Å². The lowest BCUT2D eigenvalue weighted by Gasteiger charge is -1.99. The summed E-state index contributed by atoms with van der Waals surface area (Å²) < 4.78 is 0.509. The van der Waals surface area contributed by atoms with Gasteiger partial charge in [-0.1, -0.05) is 0 Å². The summed E-state index contributed by atoms with van der Waals surface area (Å²) >= 11 is 1.22. The number of aromatic hydroxyl groups is 1. The molecule has 5 heteroatoms. The van der Waals surface area contributed by atoms with Crippen molar-refractivity contribution in [2.45, 2.75) is 0 Å². The largest absolute Gasteiger partial charge is 0.507 e. The quantitative estimate of drug-likeness (QED) is 0.669. The van der Waals surface area contributed by atoms with Gasteiger partial charge in [-0.3, -0.25) is 0 Å². The topological polar surface area (TPSA) is 83.6 Å². The average Bonchev–Trinajstić information content (AvgIpc) is 2.49. The van der Waals surface area contributed by atoms with Gasteiger partial charge in [-0.05, 0) is 12.1 Å². The molecule has 72 valence electrons. The lowest BCUT2D eigenvalue weighted by molar-refractivity contribution is 0.0699. The predicted octanol–water partition coefficient (Wildman–Crippen LogP) is 1.89. The van der Waals surface area contributed by atoms with E-state index in [9.17, 15) is 9.90 Å². The number of carboxylic acid groups (broad SMARTS) is 1. The third-order valence-electron chi connectivity index (χ3n) is 1.96. The number of hydrogen-bond donors (Lipinski definition) is 3. The van der Waals surface area contributed by atoms with Crippen LogP contribution in [0.1, 0.15) is 10.4 Å². The molecule has 0 unspecified atom stereocenters. The van der Waals surface area contributed by atoms with Gasteiger partial charge in [0, 0.05) is 5.38 Å². The van der Waals surface area contributed by atoms with Crippen molar-refractivity contribution in [1.82, 2.24) is 0 Å². The van der Waals surface area contributed by atoms with E-state index in [4.69, 9.17) is 10.8 Å². The van der Waals surface area contributed by atoms with E-state index in [1.807, 2.05) is 0 Å². The highest BCUT2D eigenvalue weighted by Crippen LogP contribution is 2.37. The summed E-state index contributed by atoms with van der Waals surface area (Å²) in [6.45, 7) is 0. The van der Waals surface area contributed by atoms with E-state index in [0.717, 1.165) is 0 Å². The van der Waals surface area contributed by atoms with Crippen molar-refractivity contribution in [3.63, 3.8) is 0 Å². The number of carbonyl (C=O) groups is 1. The second kappa shape index (κ2) is 2.88. The molecule has 0 spiro atoms. The van der Waals surface area contributed by atoms with Crippen molar-refractivity contribution in [2.24, 2.45) is 0 Å². The molecule has 1 aromatic carbocycles. The van der Waals surface area contributed by atoms with Gasteiger partial charge in [-0.15, -0.1) is 11.3 Å². The summed E-state index contributed by atoms with van der Waals surface area (Å²) in [5, 5.41) is 20.4. The van der Waals surface area contributed by atoms with Crippen LogP contribution in [0.5, 0.6) is 5.75 Å². The number of hydrogen-bond acceptors (Lipinski definition) is 4. The molecule has 0 amide bonds. The minimum atomic E-state index is -1.02. The molecule has 4 N–H and O–H groups in total. The fourth-order valence-electron chi connectivity index (χ4n) is 1.32. The molecule has 0 saturated heterocycles. The van der Waals surface area contributed by atoms with Gasteiger partial charge in [-0.25, -0.2) is 4.79 Å². The van der Waals surface area contributed by atoms with Crippen LogP contribution in [0.15, 0.2) is 17.5 Å². The monoisotopic (exact) mass is 209 g/mol. The number of nitrogens with two attached hydrogens (primary N) is 1. The molecule has 2 aromatic rings. The number of carboxylic acids is 1. The van der Waals surface area contributed by atoms with Gasteiger partial charge in [0.2, 0.25) is 0 Å². The molecule has 4 nitrogen and oxygen atoms in total. The van der Waals surface area contributed by atoms with Gasteiger partial charge in [0.05, 0.1) is 21.3 Å². The molecule has 1 aromatic heterocycles. The second-order valence-corrected chi connectivity index (χ2v) is 3.71. The summed E-state index contributed by atoms with van der Waals surface area (Å²) in [6, 6.07) is 2.71. The molecule has 0 radical (unpaired) electrons. The first-order valence-corrected chi connectivity index (χ1v) is 4.71. The minimum Gasteiger partial charge on any atom is -0.507 e. The van der Waals surface area contributed by atoms with Gasteiger partial charge >= 0.3 is 5.97 Å². The first-order valence-electron chi connectivity index (χ1n) is 3.83. The number of nitrogen functional groups attached to an aromatic ring is 1. The van der Waals surface area contributed by atoms with E-state index in [0.29, 0.717) is 15.8 Å². The Kier molecular flexibility index (Phi) is 1.82. The average molecular weight is 209 g/mol. The number of phenols is 1. The molecular weight excluding hydrogens is 202 g/mol. The Morgan fingerprint density at radius 1 is 1.43 bits per heavy atom. The highest BCUT2D eigenvalue weighted by molar-refractivity contribution is 7.18. The number of phenolic OH excluding ortho intramolecular Hbond substituents is 1. The van der Waals surface area contributed by atoms with Crippen molar-refractivity contribution < 1.29 is 15.0 Å². The number of fused-ring (bicyclic) bond motifs is 1. The molecule has 0 aliphatic rings. The number of anilines is 1. The number of benzene rings is 1. The third-order valence-corrected chi connectivity index (χ3v) is 2.99. The van der Waals surface area contributed by atoms with Gasteiger partial charge in [-0.2, -0.15) is 0 Å². The zero-order valence-electron chi connectivity index (χ0n) is 7.02. The predicted molar refractivity (Wildman–Crippen MR) is 54.9 cm³/mol. The Bertz CT molecular complexity index is 518. The summed E-state index contributed by atoms with van der Waals surface area (Å²) in [5.74, 6) is -0.999. The van der Waals surface area contributed by atoms with Crippen LogP contribution in [0.3, 0.4) is 0 Å². The van der Waals surface area contributed by atoms with Crippen LogP contribution in [-0.4, -0.2) is 16.2 Å². The lowest BCUT2D eigenvalue weighted by Crippen LogP contribution is -1.95. The highest BCUT2D eigenvalue weighted by atomic mass is 32.1.